The van der Waals surface area contributed by atoms with Crippen molar-refractivity contribution in [1.82, 2.24) is 10.2 Å². The first-order chi connectivity index (χ1) is 9.02. The summed E-state index contributed by atoms with van der Waals surface area (Å²) in [5, 5.41) is 18.4. The van der Waals surface area contributed by atoms with Gasteiger partial charge >= 0.3 is 0 Å². The van der Waals surface area contributed by atoms with Crippen LogP contribution in [0.4, 0.5) is 11.4 Å². The van der Waals surface area contributed by atoms with Crippen molar-refractivity contribution in [2.45, 2.75) is 6.92 Å². The molecule has 0 aliphatic carbocycles. The molecule has 96 valence electrons. The third-order valence-corrected chi connectivity index (χ3v) is 2.79. The van der Waals surface area contributed by atoms with Gasteiger partial charge in [-0.25, -0.2) is 0 Å². The van der Waals surface area contributed by atoms with Crippen LogP contribution in [-0.2, 0) is 0 Å². The summed E-state index contributed by atoms with van der Waals surface area (Å²) in [6.07, 6.45) is 0. The highest BCUT2D eigenvalue weighted by Gasteiger charge is 2.16. The molecular weight excluding hydrogens is 266 g/mol. The molecule has 1 aromatic heterocycles. The quantitative estimate of drug-likeness (QED) is 0.780. The Kier molecular flexibility index (Phi) is 3.40. The molecule has 0 aliphatic rings. The molecule has 1 heterocycles. The van der Waals surface area contributed by atoms with Crippen molar-refractivity contribution < 1.29 is 4.79 Å². The number of anilines is 2. The molecule has 0 saturated carbocycles. The van der Waals surface area contributed by atoms with Gasteiger partial charge in [0.05, 0.1) is 22.6 Å². The molecular formula is C12H10ClN5O. The van der Waals surface area contributed by atoms with Gasteiger partial charge in [0.2, 0.25) is 0 Å². The average molecular weight is 276 g/mol. The lowest BCUT2D eigenvalue weighted by Gasteiger charge is -2.06. The molecule has 0 atom stereocenters. The van der Waals surface area contributed by atoms with Crippen molar-refractivity contribution >= 4 is 28.9 Å². The first-order valence-electron chi connectivity index (χ1n) is 5.34. The lowest BCUT2D eigenvalue weighted by molar-refractivity contribution is 0.102. The molecule has 0 spiro atoms. The van der Waals surface area contributed by atoms with Crippen LogP contribution in [0.1, 0.15) is 21.7 Å². The Bertz CT molecular complexity index is 686. The van der Waals surface area contributed by atoms with E-state index in [9.17, 15) is 4.79 Å². The largest absolute Gasteiger partial charge is 0.395 e. The van der Waals surface area contributed by atoms with E-state index in [-0.39, 0.29) is 11.4 Å². The van der Waals surface area contributed by atoms with E-state index in [4.69, 9.17) is 22.6 Å². The Labute approximate surface area is 114 Å². The van der Waals surface area contributed by atoms with Gasteiger partial charge in [-0.1, -0.05) is 11.6 Å². The second-order valence-electron chi connectivity index (χ2n) is 3.87. The van der Waals surface area contributed by atoms with Crippen LogP contribution in [0, 0.1) is 18.3 Å². The first kappa shape index (κ1) is 12.9. The molecule has 0 bridgehead atoms. The number of nitrogen functional groups attached to an aromatic ring is 1. The number of hydrogen-bond donors (Lipinski definition) is 3. The van der Waals surface area contributed by atoms with Crippen molar-refractivity contribution in [3.05, 3.63) is 40.2 Å². The fourth-order valence-corrected chi connectivity index (χ4v) is 1.68. The molecule has 4 N–H and O–H groups in total. The van der Waals surface area contributed by atoms with Crippen LogP contribution in [0.25, 0.3) is 0 Å². The Balaban J connectivity index is 2.32. The summed E-state index contributed by atoms with van der Waals surface area (Å²) in [6, 6.07) is 6.56. The third kappa shape index (κ3) is 2.51. The second-order valence-corrected chi connectivity index (χ2v) is 4.30. The van der Waals surface area contributed by atoms with Crippen LogP contribution >= 0.6 is 11.6 Å². The van der Waals surface area contributed by atoms with E-state index in [0.717, 1.165) is 0 Å². The summed E-state index contributed by atoms with van der Waals surface area (Å²) in [4.78, 5) is 12.0. The Morgan fingerprint density at radius 2 is 2.32 bits per heavy atom. The van der Waals surface area contributed by atoms with Crippen LogP contribution in [0.15, 0.2) is 18.2 Å². The van der Waals surface area contributed by atoms with E-state index < -0.39 is 5.91 Å². The number of aryl methyl sites for hydroxylation is 1. The minimum atomic E-state index is -0.499. The molecule has 1 amide bonds. The summed E-state index contributed by atoms with van der Waals surface area (Å²) in [5.74, 6) is -0.499. The zero-order valence-corrected chi connectivity index (χ0v) is 10.7. The molecule has 0 aliphatic heterocycles. The van der Waals surface area contributed by atoms with Gasteiger partial charge in [0.15, 0.2) is 5.69 Å². The highest BCUT2D eigenvalue weighted by molar-refractivity contribution is 6.31. The maximum absolute atomic E-state index is 12.0. The lowest BCUT2D eigenvalue weighted by Crippen LogP contribution is -2.15. The number of nitrogens with zero attached hydrogens (tertiary/aromatic N) is 2. The fraction of sp³-hybridized carbons (Fsp3) is 0.0833. The van der Waals surface area contributed by atoms with Gasteiger partial charge in [0.25, 0.3) is 5.91 Å². The highest BCUT2D eigenvalue weighted by Crippen LogP contribution is 2.22. The molecule has 1 aromatic carbocycles. The number of halogens is 1. The third-order valence-electron chi connectivity index (χ3n) is 2.56. The number of carbonyl (C=O) groups is 1. The summed E-state index contributed by atoms with van der Waals surface area (Å²) in [6.45, 7) is 1.71. The van der Waals surface area contributed by atoms with E-state index in [2.05, 4.69) is 15.5 Å². The van der Waals surface area contributed by atoms with E-state index in [1.165, 1.54) is 12.1 Å². The number of carbonyl (C=O) groups excluding carboxylic acids is 1. The van der Waals surface area contributed by atoms with Gasteiger partial charge in [0, 0.05) is 5.02 Å². The first-order valence-corrected chi connectivity index (χ1v) is 5.72. The predicted molar refractivity (Wildman–Crippen MR) is 71.9 cm³/mol. The monoisotopic (exact) mass is 275 g/mol. The van der Waals surface area contributed by atoms with Gasteiger partial charge in [-0.15, -0.1) is 0 Å². The van der Waals surface area contributed by atoms with Crippen LogP contribution in [-0.4, -0.2) is 16.1 Å². The maximum atomic E-state index is 12.0. The SMILES string of the molecule is Cc1[nH]nc(C(=O)Nc2cc(Cl)ccc2C#N)c1N. The molecule has 0 radical (unpaired) electrons. The molecule has 2 rings (SSSR count). The van der Waals surface area contributed by atoms with Crippen molar-refractivity contribution in [1.29, 1.82) is 5.26 Å². The number of benzene rings is 1. The molecule has 0 fully saturated rings. The molecule has 7 heteroatoms. The van der Waals surface area contributed by atoms with Gasteiger partial charge in [-0.2, -0.15) is 10.4 Å². The second kappa shape index (κ2) is 5.00. The molecule has 0 unspecified atom stereocenters. The minimum absolute atomic E-state index is 0.0846. The van der Waals surface area contributed by atoms with Crippen LogP contribution in [0.3, 0.4) is 0 Å². The summed E-state index contributed by atoms with van der Waals surface area (Å²) >= 11 is 5.83. The number of amides is 1. The van der Waals surface area contributed by atoms with Crippen LogP contribution in [0.5, 0.6) is 0 Å². The van der Waals surface area contributed by atoms with Gasteiger partial charge in [0.1, 0.15) is 6.07 Å². The fourth-order valence-electron chi connectivity index (χ4n) is 1.51. The summed E-state index contributed by atoms with van der Waals surface area (Å²) < 4.78 is 0. The summed E-state index contributed by atoms with van der Waals surface area (Å²) in [5.41, 5.74) is 7.31. The molecule has 2 aromatic rings. The number of H-pyrrole nitrogens is 1. The lowest BCUT2D eigenvalue weighted by atomic mass is 10.2. The number of nitrogens with two attached hydrogens (primary N) is 1. The Morgan fingerprint density at radius 1 is 1.58 bits per heavy atom. The zero-order valence-electron chi connectivity index (χ0n) is 9.99. The Morgan fingerprint density at radius 3 is 2.89 bits per heavy atom. The predicted octanol–water partition coefficient (Wildman–Crippen LogP) is 2.08. The standard InChI is InChI=1S/C12H10ClN5O/c1-6-10(15)11(18-17-6)12(19)16-9-4-8(13)3-2-7(9)5-14/h2-4H,15H2,1H3,(H,16,19)(H,17,18). The zero-order chi connectivity index (χ0) is 14.0. The molecule has 0 saturated heterocycles. The molecule has 6 nitrogen and oxygen atoms in total. The van der Waals surface area contributed by atoms with Crippen molar-refractivity contribution in [2.75, 3.05) is 11.1 Å². The van der Waals surface area contributed by atoms with Gasteiger partial charge in [-0.05, 0) is 25.1 Å². The normalized spacial score (nSPS) is 9.95. The van der Waals surface area contributed by atoms with E-state index >= 15 is 0 Å². The number of aromatic nitrogens is 2. The smallest absolute Gasteiger partial charge is 0.278 e. The number of aromatic amines is 1. The molecule has 19 heavy (non-hydrogen) atoms. The van der Waals surface area contributed by atoms with Crippen molar-refractivity contribution in [3.63, 3.8) is 0 Å². The van der Waals surface area contributed by atoms with E-state index in [1.54, 1.807) is 13.0 Å². The number of nitriles is 1. The van der Waals surface area contributed by atoms with E-state index in [1.807, 2.05) is 6.07 Å². The summed E-state index contributed by atoms with van der Waals surface area (Å²) in [7, 11) is 0. The topological polar surface area (TPSA) is 108 Å². The number of nitrogens with one attached hydrogen (secondary N) is 2. The van der Waals surface area contributed by atoms with Gasteiger partial charge < -0.3 is 11.1 Å². The number of rotatable bonds is 2. The minimum Gasteiger partial charge on any atom is -0.395 e. The van der Waals surface area contributed by atoms with Gasteiger partial charge in [-0.3, -0.25) is 9.89 Å². The van der Waals surface area contributed by atoms with Crippen LogP contribution < -0.4 is 11.1 Å². The van der Waals surface area contributed by atoms with Crippen LogP contribution in [0.2, 0.25) is 5.02 Å². The average Bonchev–Trinajstić information content (AvgIpc) is 2.70. The highest BCUT2D eigenvalue weighted by atomic mass is 35.5. The van der Waals surface area contributed by atoms with Crippen molar-refractivity contribution in [2.24, 2.45) is 0 Å². The number of hydrogen-bond acceptors (Lipinski definition) is 4. The van der Waals surface area contributed by atoms with E-state index in [0.29, 0.717) is 22.0 Å². The van der Waals surface area contributed by atoms with Crippen molar-refractivity contribution in [3.8, 4) is 6.07 Å². The Hall–Kier alpha value is -2.52. The maximum Gasteiger partial charge on any atom is 0.278 e.